The molecule has 1 aromatic heterocycles. The number of hydrogen-bond donors (Lipinski definition) is 3. The second-order valence-electron chi connectivity index (χ2n) is 7.27. The molecule has 1 fully saturated rings. The number of nitrogens with zero attached hydrogens (tertiary/aromatic N) is 4. The average molecular weight is 511 g/mol. The number of nitrogens with two attached hydrogens (primary N) is 1. The highest BCUT2D eigenvalue weighted by Gasteiger charge is 2.54. The van der Waals surface area contributed by atoms with Crippen LogP contribution in [-0.2, 0) is 19.2 Å². The highest BCUT2D eigenvalue weighted by molar-refractivity contribution is 8.00. The van der Waals surface area contributed by atoms with E-state index in [1.807, 2.05) is 0 Å². The van der Waals surface area contributed by atoms with Crippen molar-refractivity contribution >= 4 is 57.8 Å². The van der Waals surface area contributed by atoms with Crippen molar-refractivity contribution in [1.29, 1.82) is 5.26 Å². The van der Waals surface area contributed by atoms with Gasteiger partial charge in [-0.2, -0.15) is 5.26 Å². The van der Waals surface area contributed by atoms with E-state index in [2.05, 4.69) is 21.5 Å². The number of nitrogens with one attached hydrogen (secondary N) is 1. The van der Waals surface area contributed by atoms with E-state index < -0.39 is 29.2 Å². The number of amides is 2. The van der Waals surface area contributed by atoms with Crippen molar-refractivity contribution in [2.45, 2.75) is 11.4 Å². The van der Waals surface area contributed by atoms with Gasteiger partial charge in [-0.05, 0) is 17.2 Å². The number of nitriles is 1. The molecule has 3 heterocycles. The Labute approximate surface area is 207 Å². The number of β-lactam (4-membered cyclic amide) rings is 1. The van der Waals surface area contributed by atoms with Crippen LogP contribution in [-0.4, -0.2) is 62.8 Å². The summed E-state index contributed by atoms with van der Waals surface area (Å²) in [5.41, 5.74) is 7.01. The molecule has 178 valence electrons. The van der Waals surface area contributed by atoms with Crippen LogP contribution in [0.25, 0.3) is 6.08 Å². The van der Waals surface area contributed by atoms with Crippen LogP contribution in [0.3, 0.4) is 0 Å². The van der Waals surface area contributed by atoms with Crippen molar-refractivity contribution in [2.24, 2.45) is 5.16 Å². The normalized spacial score (nSPS) is 19.7. The maximum absolute atomic E-state index is 12.9. The standard InChI is InChI=1S/C22H18N6O5S2/c1-33-27-15(14-10-35-22(24)25-14)18(29)26-16-19(30)28-17(21(31)32)13(9-34-20(16)28)7-6-11-4-2-3-5-12(11)8-23/h2-7,10,16,20H,9H2,1H3,(H2,24,25)(H,26,29)(H,31,32)/b7-6+,27-15+. The zero-order chi connectivity index (χ0) is 25.1. The van der Waals surface area contributed by atoms with Crippen LogP contribution in [0.2, 0.25) is 0 Å². The first-order valence-corrected chi connectivity index (χ1v) is 12.0. The van der Waals surface area contributed by atoms with Gasteiger partial charge in [-0.25, -0.2) is 9.78 Å². The number of carbonyl (C=O) groups is 3. The zero-order valence-electron chi connectivity index (χ0n) is 18.2. The van der Waals surface area contributed by atoms with Gasteiger partial charge in [-0.15, -0.1) is 23.1 Å². The largest absolute Gasteiger partial charge is 0.477 e. The van der Waals surface area contributed by atoms with Crippen molar-refractivity contribution in [3.05, 3.63) is 63.8 Å². The van der Waals surface area contributed by atoms with Crippen molar-refractivity contribution in [2.75, 3.05) is 18.6 Å². The molecular weight excluding hydrogens is 492 g/mol. The number of carbonyl (C=O) groups excluding carboxylic acids is 2. The van der Waals surface area contributed by atoms with E-state index in [1.54, 1.807) is 36.4 Å². The number of allylic oxidation sites excluding steroid dienone is 1. The highest BCUT2D eigenvalue weighted by atomic mass is 32.2. The fraction of sp³-hybridized carbons (Fsp3) is 0.182. The molecule has 2 aliphatic rings. The van der Waals surface area contributed by atoms with E-state index >= 15 is 0 Å². The van der Waals surface area contributed by atoms with Gasteiger partial charge in [0.05, 0.1) is 11.6 Å². The predicted molar refractivity (Wildman–Crippen MR) is 130 cm³/mol. The van der Waals surface area contributed by atoms with Gasteiger partial charge in [-0.1, -0.05) is 35.5 Å². The lowest BCUT2D eigenvalue weighted by atomic mass is 10.0. The van der Waals surface area contributed by atoms with Crippen molar-refractivity contribution < 1.29 is 24.3 Å². The lowest BCUT2D eigenvalue weighted by molar-refractivity contribution is -0.150. The summed E-state index contributed by atoms with van der Waals surface area (Å²) in [7, 11) is 1.27. The number of hydrogen-bond acceptors (Lipinski definition) is 10. The van der Waals surface area contributed by atoms with Crippen molar-refractivity contribution in [1.82, 2.24) is 15.2 Å². The minimum atomic E-state index is -1.26. The molecule has 2 amide bonds. The summed E-state index contributed by atoms with van der Waals surface area (Å²) >= 11 is 2.43. The number of thioether (sulfide) groups is 1. The maximum Gasteiger partial charge on any atom is 0.352 e. The minimum Gasteiger partial charge on any atom is -0.477 e. The molecule has 11 nitrogen and oxygen atoms in total. The van der Waals surface area contributed by atoms with Gasteiger partial charge in [0.15, 0.2) is 10.8 Å². The van der Waals surface area contributed by atoms with Gasteiger partial charge < -0.3 is 21.0 Å². The van der Waals surface area contributed by atoms with Crippen LogP contribution in [0, 0.1) is 11.3 Å². The quantitative estimate of drug-likeness (QED) is 0.283. The molecule has 0 aliphatic carbocycles. The van der Waals surface area contributed by atoms with Gasteiger partial charge in [0.25, 0.3) is 11.8 Å². The number of anilines is 1. The molecule has 0 radical (unpaired) electrons. The van der Waals surface area contributed by atoms with Gasteiger partial charge in [0.2, 0.25) is 0 Å². The van der Waals surface area contributed by atoms with Crippen LogP contribution in [0.4, 0.5) is 5.13 Å². The summed E-state index contributed by atoms with van der Waals surface area (Å²) in [6.45, 7) is 0. The number of thiazole rings is 1. The smallest absolute Gasteiger partial charge is 0.352 e. The monoisotopic (exact) mass is 510 g/mol. The van der Waals surface area contributed by atoms with Gasteiger partial charge >= 0.3 is 5.97 Å². The third-order valence-corrected chi connectivity index (χ3v) is 7.17. The molecule has 4 N–H and O–H groups in total. The summed E-state index contributed by atoms with van der Waals surface area (Å²) in [6, 6.07) is 8.03. The van der Waals surface area contributed by atoms with Crippen LogP contribution >= 0.6 is 23.1 Å². The van der Waals surface area contributed by atoms with E-state index in [0.29, 0.717) is 16.7 Å². The summed E-state index contributed by atoms with van der Waals surface area (Å²) in [5, 5.41) is 26.5. The SMILES string of the molecule is CO/N=C(/C(=O)NC1C(=O)N2C(C(=O)O)=C(/C=C/c3ccccc3C#N)CSC12)c1csc(N)n1. The van der Waals surface area contributed by atoms with Gasteiger partial charge in [-0.3, -0.25) is 14.5 Å². The first kappa shape index (κ1) is 24.0. The van der Waals surface area contributed by atoms with Gasteiger partial charge in [0.1, 0.15) is 29.9 Å². The molecule has 0 saturated carbocycles. The first-order chi connectivity index (χ1) is 16.8. The Balaban J connectivity index is 1.55. The molecule has 35 heavy (non-hydrogen) atoms. The summed E-state index contributed by atoms with van der Waals surface area (Å²) in [4.78, 5) is 47.7. The van der Waals surface area contributed by atoms with Crippen LogP contribution in [0.15, 0.2) is 52.1 Å². The number of carboxylic acid groups (broad SMARTS) is 1. The molecule has 4 rings (SSSR count). The molecule has 2 unspecified atom stereocenters. The molecule has 2 aromatic rings. The summed E-state index contributed by atoms with van der Waals surface area (Å²) < 4.78 is 0. The first-order valence-electron chi connectivity index (χ1n) is 10.1. The predicted octanol–water partition coefficient (Wildman–Crippen LogP) is 1.40. The number of nitrogen functional groups attached to an aromatic ring is 1. The minimum absolute atomic E-state index is 0.152. The Morgan fingerprint density at radius 2 is 2.17 bits per heavy atom. The Morgan fingerprint density at radius 1 is 1.40 bits per heavy atom. The van der Waals surface area contributed by atoms with Crippen molar-refractivity contribution in [3.8, 4) is 6.07 Å². The second kappa shape index (κ2) is 10.00. The maximum atomic E-state index is 12.9. The Morgan fingerprint density at radius 3 is 2.83 bits per heavy atom. The zero-order valence-corrected chi connectivity index (χ0v) is 19.8. The molecule has 0 spiro atoms. The van der Waals surface area contributed by atoms with E-state index in [4.69, 9.17) is 10.6 Å². The molecule has 1 saturated heterocycles. The van der Waals surface area contributed by atoms with E-state index in [1.165, 1.54) is 24.3 Å². The Bertz CT molecular complexity index is 1340. The molecule has 1 aromatic carbocycles. The summed E-state index contributed by atoms with van der Waals surface area (Å²) in [5.74, 6) is -2.24. The highest BCUT2D eigenvalue weighted by Crippen LogP contribution is 2.40. The average Bonchev–Trinajstić information content (AvgIpc) is 3.29. The number of aromatic nitrogens is 1. The lowest BCUT2D eigenvalue weighted by Crippen LogP contribution is -2.71. The fourth-order valence-corrected chi connectivity index (χ4v) is 5.47. The molecule has 0 bridgehead atoms. The van der Waals surface area contributed by atoms with Crippen LogP contribution < -0.4 is 11.1 Å². The number of carboxylic acids is 1. The summed E-state index contributed by atoms with van der Waals surface area (Å²) in [6.07, 6.45) is 3.24. The topological polar surface area (TPSA) is 171 Å². The van der Waals surface area contributed by atoms with Crippen LogP contribution in [0.5, 0.6) is 0 Å². The van der Waals surface area contributed by atoms with Crippen molar-refractivity contribution in [3.63, 3.8) is 0 Å². The number of rotatable bonds is 7. The number of aliphatic carboxylic acids is 1. The van der Waals surface area contributed by atoms with Crippen LogP contribution in [0.1, 0.15) is 16.8 Å². The second-order valence-corrected chi connectivity index (χ2v) is 9.26. The Hall–Kier alpha value is -4.15. The van der Waals surface area contributed by atoms with Gasteiger partial charge in [0, 0.05) is 11.1 Å². The Kier molecular flexibility index (Phi) is 6.85. The van der Waals surface area contributed by atoms with E-state index in [0.717, 1.165) is 16.2 Å². The molecule has 2 aliphatic heterocycles. The third kappa shape index (κ3) is 4.61. The third-order valence-electron chi connectivity index (χ3n) is 5.19. The van der Waals surface area contributed by atoms with E-state index in [9.17, 15) is 24.8 Å². The molecule has 13 heteroatoms. The number of oxime groups is 1. The van der Waals surface area contributed by atoms with E-state index in [-0.39, 0.29) is 28.0 Å². The molecular formula is C22H18N6O5S2. The lowest BCUT2D eigenvalue weighted by Gasteiger charge is -2.49. The number of fused-ring (bicyclic) bond motifs is 1. The fourth-order valence-electron chi connectivity index (χ4n) is 3.61. The number of benzene rings is 1. The molecule has 2 atom stereocenters.